The number of hydrogen-bond acceptors (Lipinski definition) is 5. The molecule has 0 aromatic heterocycles. The number of sulfone groups is 1. The van der Waals surface area contributed by atoms with Crippen LogP contribution in [0.2, 0.25) is 0 Å². The Kier molecular flexibility index (Phi) is 5.18. The van der Waals surface area contributed by atoms with Gasteiger partial charge in [-0.1, -0.05) is 0 Å². The van der Waals surface area contributed by atoms with E-state index in [1.807, 2.05) is 0 Å². The Balaban J connectivity index is 1.69. The summed E-state index contributed by atoms with van der Waals surface area (Å²) in [6, 6.07) is -0.258. The Bertz CT molecular complexity index is 404. The molecule has 19 heavy (non-hydrogen) atoms. The first kappa shape index (κ1) is 14.7. The van der Waals surface area contributed by atoms with Crippen molar-refractivity contribution >= 4 is 15.7 Å². The van der Waals surface area contributed by atoms with Crippen LogP contribution in [0.4, 0.5) is 0 Å². The summed E-state index contributed by atoms with van der Waals surface area (Å²) in [7, 11) is -2.98. The molecule has 2 unspecified atom stereocenters. The van der Waals surface area contributed by atoms with E-state index in [1.165, 1.54) is 0 Å². The molecule has 0 aromatic rings. The molecule has 0 aromatic carbocycles. The van der Waals surface area contributed by atoms with Gasteiger partial charge in [0.25, 0.3) is 0 Å². The van der Waals surface area contributed by atoms with Crippen LogP contribution in [-0.2, 0) is 19.4 Å². The maximum absolute atomic E-state index is 11.8. The number of carbonyl (C=O) groups excluding carboxylic acids is 1. The van der Waals surface area contributed by atoms with Gasteiger partial charge in [-0.15, -0.1) is 0 Å². The third kappa shape index (κ3) is 5.08. The van der Waals surface area contributed by atoms with E-state index in [-0.39, 0.29) is 36.0 Å². The highest BCUT2D eigenvalue weighted by atomic mass is 32.2. The van der Waals surface area contributed by atoms with Crippen molar-refractivity contribution in [2.24, 2.45) is 0 Å². The molecule has 2 aliphatic heterocycles. The van der Waals surface area contributed by atoms with E-state index < -0.39 is 9.84 Å². The topological polar surface area (TPSA) is 84.5 Å². The van der Waals surface area contributed by atoms with Crippen molar-refractivity contribution < 1.29 is 17.9 Å². The number of amides is 1. The van der Waals surface area contributed by atoms with Crippen molar-refractivity contribution in [1.29, 1.82) is 0 Å². The highest BCUT2D eigenvalue weighted by Crippen LogP contribution is 2.11. The fraction of sp³-hybridized carbons (Fsp3) is 0.917. The molecule has 110 valence electrons. The van der Waals surface area contributed by atoms with Crippen molar-refractivity contribution in [2.75, 3.05) is 31.2 Å². The van der Waals surface area contributed by atoms with Crippen LogP contribution >= 0.6 is 0 Å². The van der Waals surface area contributed by atoms with E-state index in [0.717, 1.165) is 25.9 Å². The maximum Gasteiger partial charge on any atom is 0.221 e. The standard InChI is InChI=1S/C12H22N2O4S/c15-12(14-8-11-3-1-2-5-18-11)7-10-9-19(16,17)6-4-13-10/h10-11,13H,1-9H2,(H,14,15). The van der Waals surface area contributed by atoms with Crippen LogP contribution in [0.15, 0.2) is 0 Å². The lowest BCUT2D eigenvalue weighted by molar-refractivity contribution is -0.122. The molecular formula is C12H22N2O4S. The second-order valence-corrected chi connectivity index (χ2v) is 7.49. The lowest BCUT2D eigenvalue weighted by atomic mass is 10.1. The van der Waals surface area contributed by atoms with Gasteiger partial charge in [0.1, 0.15) is 0 Å². The monoisotopic (exact) mass is 290 g/mol. The molecule has 2 atom stereocenters. The number of hydrogen-bond donors (Lipinski definition) is 2. The van der Waals surface area contributed by atoms with E-state index in [2.05, 4.69) is 10.6 Å². The summed E-state index contributed by atoms with van der Waals surface area (Å²) in [5.41, 5.74) is 0. The first-order chi connectivity index (χ1) is 9.05. The number of rotatable bonds is 4. The quantitative estimate of drug-likeness (QED) is 0.725. The fourth-order valence-electron chi connectivity index (χ4n) is 2.49. The minimum atomic E-state index is -2.98. The molecule has 2 N–H and O–H groups in total. The molecule has 7 heteroatoms. The first-order valence-corrected chi connectivity index (χ1v) is 8.69. The Morgan fingerprint density at radius 1 is 1.37 bits per heavy atom. The van der Waals surface area contributed by atoms with Crippen LogP contribution in [0.25, 0.3) is 0 Å². The smallest absolute Gasteiger partial charge is 0.221 e. The van der Waals surface area contributed by atoms with Crippen molar-refractivity contribution in [3.63, 3.8) is 0 Å². The lowest BCUT2D eigenvalue weighted by Crippen LogP contribution is -2.48. The van der Waals surface area contributed by atoms with Gasteiger partial charge in [0, 0.05) is 32.2 Å². The van der Waals surface area contributed by atoms with Crippen molar-refractivity contribution in [3.8, 4) is 0 Å². The van der Waals surface area contributed by atoms with E-state index in [9.17, 15) is 13.2 Å². The molecule has 0 aliphatic carbocycles. The highest BCUT2D eigenvalue weighted by Gasteiger charge is 2.26. The van der Waals surface area contributed by atoms with Gasteiger partial charge in [0.2, 0.25) is 5.91 Å². The van der Waals surface area contributed by atoms with Gasteiger partial charge in [-0.05, 0) is 19.3 Å². The second-order valence-electron chi connectivity index (χ2n) is 5.26. The van der Waals surface area contributed by atoms with Crippen molar-refractivity contribution in [2.45, 2.75) is 37.8 Å². The third-order valence-electron chi connectivity index (χ3n) is 3.53. The molecule has 0 saturated carbocycles. The predicted molar refractivity (Wildman–Crippen MR) is 71.7 cm³/mol. The van der Waals surface area contributed by atoms with Crippen molar-refractivity contribution in [3.05, 3.63) is 0 Å². The highest BCUT2D eigenvalue weighted by molar-refractivity contribution is 7.91. The number of ether oxygens (including phenoxy) is 1. The van der Waals surface area contributed by atoms with Crippen LogP contribution in [0.5, 0.6) is 0 Å². The number of carbonyl (C=O) groups is 1. The summed E-state index contributed by atoms with van der Waals surface area (Å²) in [6.45, 7) is 1.73. The largest absolute Gasteiger partial charge is 0.376 e. The average molecular weight is 290 g/mol. The summed E-state index contributed by atoms with van der Waals surface area (Å²) in [5, 5.41) is 5.90. The van der Waals surface area contributed by atoms with E-state index in [4.69, 9.17) is 4.74 Å². The molecule has 2 heterocycles. The van der Waals surface area contributed by atoms with Gasteiger partial charge in [0.15, 0.2) is 9.84 Å². The summed E-state index contributed by atoms with van der Waals surface area (Å²) < 4.78 is 28.4. The average Bonchev–Trinajstić information content (AvgIpc) is 2.36. The Labute approximate surface area is 114 Å². The first-order valence-electron chi connectivity index (χ1n) is 6.87. The van der Waals surface area contributed by atoms with Crippen LogP contribution in [-0.4, -0.2) is 57.7 Å². The van der Waals surface area contributed by atoms with Gasteiger partial charge in [-0.25, -0.2) is 8.42 Å². The zero-order chi connectivity index (χ0) is 13.7. The fourth-order valence-corrected chi connectivity index (χ4v) is 3.93. The van der Waals surface area contributed by atoms with Gasteiger partial charge < -0.3 is 15.4 Å². The Hall–Kier alpha value is -0.660. The van der Waals surface area contributed by atoms with Crippen LogP contribution < -0.4 is 10.6 Å². The molecule has 2 rings (SSSR count). The second kappa shape index (κ2) is 6.67. The zero-order valence-electron chi connectivity index (χ0n) is 11.1. The lowest BCUT2D eigenvalue weighted by Gasteiger charge is -2.25. The Morgan fingerprint density at radius 3 is 2.89 bits per heavy atom. The number of nitrogens with one attached hydrogen (secondary N) is 2. The molecule has 2 fully saturated rings. The molecule has 2 aliphatic rings. The molecule has 0 bridgehead atoms. The molecule has 0 spiro atoms. The summed E-state index contributed by atoms with van der Waals surface area (Å²) in [6.07, 6.45) is 3.54. The van der Waals surface area contributed by atoms with Gasteiger partial charge >= 0.3 is 0 Å². The van der Waals surface area contributed by atoms with Crippen LogP contribution in [0.3, 0.4) is 0 Å². The van der Waals surface area contributed by atoms with E-state index in [0.29, 0.717) is 13.1 Å². The van der Waals surface area contributed by atoms with Crippen molar-refractivity contribution in [1.82, 2.24) is 10.6 Å². The third-order valence-corrected chi connectivity index (χ3v) is 5.27. The summed E-state index contributed by atoms with van der Waals surface area (Å²) in [5.74, 6) is 0.116. The summed E-state index contributed by atoms with van der Waals surface area (Å²) in [4.78, 5) is 11.8. The minimum absolute atomic E-state index is 0.0559. The molecular weight excluding hydrogens is 268 g/mol. The van der Waals surface area contributed by atoms with Crippen LogP contribution in [0, 0.1) is 0 Å². The normalized spacial score (nSPS) is 30.7. The minimum Gasteiger partial charge on any atom is -0.376 e. The molecule has 1 amide bonds. The molecule has 6 nitrogen and oxygen atoms in total. The zero-order valence-corrected chi connectivity index (χ0v) is 11.9. The molecule has 0 radical (unpaired) electrons. The molecule has 2 saturated heterocycles. The predicted octanol–water partition coefficient (Wildman–Crippen LogP) is -0.552. The Morgan fingerprint density at radius 2 is 2.21 bits per heavy atom. The van der Waals surface area contributed by atoms with Gasteiger partial charge in [-0.3, -0.25) is 4.79 Å². The van der Waals surface area contributed by atoms with E-state index in [1.54, 1.807) is 0 Å². The van der Waals surface area contributed by atoms with Crippen LogP contribution in [0.1, 0.15) is 25.7 Å². The summed E-state index contributed by atoms with van der Waals surface area (Å²) >= 11 is 0. The maximum atomic E-state index is 11.8. The van der Waals surface area contributed by atoms with E-state index >= 15 is 0 Å². The van der Waals surface area contributed by atoms with Gasteiger partial charge in [-0.2, -0.15) is 0 Å². The van der Waals surface area contributed by atoms with Gasteiger partial charge in [0.05, 0.1) is 17.6 Å². The SMILES string of the molecule is O=C(CC1CS(=O)(=O)CCN1)NCC1CCCCO1.